The van der Waals surface area contributed by atoms with Gasteiger partial charge < -0.3 is 25.4 Å². The second-order valence-electron chi connectivity index (χ2n) is 9.65. The van der Waals surface area contributed by atoms with E-state index in [0.717, 1.165) is 38.5 Å². The lowest BCUT2D eigenvalue weighted by molar-refractivity contribution is -0.145. The van der Waals surface area contributed by atoms with Gasteiger partial charge in [-0.25, -0.2) is 4.79 Å². The normalized spacial score (nSPS) is 14.7. The summed E-state index contributed by atoms with van der Waals surface area (Å²) < 4.78 is 5.23. The molecule has 1 aliphatic rings. The molecular weight excluding hydrogens is 422 g/mol. The third-order valence-electron chi connectivity index (χ3n) is 5.71. The Morgan fingerprint density at radius 1 is 1.18 bits per heavy atom. The summed E-state index contributed by atoms with van der Waals surface area (Å²) in [6.07, 6.45) is 4.66. The summed E-state index contributed by atoms with van der Waals surface area (Å²) in [6, 6.07) is 4.09. The lowest BCUT2D eigenvalue weighted by Crippen LogP contribution is -2.54. The van der Waals surface area contributed by atoms with E-state index in [1.54, 1.807) is 45.9 Å². The van der Waals surface area contributed by atoms with Gasteiger partial charge in [0.15, 0.2) is 0 Å². The SMILES string of the molecule is CCCCCNC(=O)C(c1cccc(C)c1O)N(C(=O)CNC(=O)OC(C)(C)C)C1CCC1. The first kappa shape index (κ1) is 26.5. The number of hydrogen-bond acceptors (Lipinski definition) is 5. The molecule has 1 aliphatic carbocycles. The van der Waals surface area contributed by atoms with E-state index >= 15 is 0 Å². The summed E-state index contributed by atoms with van der Waals surface area (Å²) in [5.41, 5.74) is 0.333. The second-order valence-corrected chi connectivity index (χ2v) is 9.65. The fraction of sp³-hybridized carbons (Fsp3) is 0.640. The quantitative estimate of drug-likeness (QED) is 0.457. The number of aromatic hydroxyl groups is 1. The Hall–Kier alpha value is -2.77. The summed E-state index contributed by atoms with van der Waals surface area (Å²) in [5.74, 6) is -0.715. The van der Waals surface area contributed by atoms with Crippen molar-refractivity contribution >= 4 is 17.9 Å². The van der Waals surface area contributed by atoms with Gasteiger partial charge >= 0.3 is 6.09 Å². The molecule has 0 bridgehead atoms. The molecule has 0 heterocycles. The molecule has 1 atom stereocenters. The van der Waals surface area contributed by atoms with E-state index < -0.39 is 17.7 Å². The molecule has 8 nitrogen and oxygen atoms in total. The van der Waals surface area contributed by atoms with Gasteiger partial charge in [-0.1, -0.05) is 38.0 Å². The third kappa shape index (κ3) is 7.65. The van der Waals surface area contributed by atoms with Gasteiger partial charge in [0.25, 0.3) is 0 Å². The van der Waals surface area contributed by atoms with Crippen LogP contribution in [0.1, 0.15) is 83.4 Å². The van der Waals surface area contributed by atoms with E-state index in [2.05, 4.69) is 17.6 Å². The fourth-order valence-corrected chi connectivity index (χ4v) is 3.78. The van der Waals surface area contributed by atoms with Crippen molar-refractivity contribution in [1.82, 2.24) is 15.5 Å². The topological polar surface area (TPSA) is 108 Å². The number of benzene rings is 1. The van der Waals surface area contributed by atoms with E-state index in [4.69, 9.17) is 4.74 Å². The molecule has 1 aromatic carbocycles. The molecule has 1 unspecified atom stereocenters. The second kappa shape index (κ2) is 11.9. The van der Waals surface area contributed by atoms with Gasteiger partial charge in [-0.15, -0.1) is 0 Å². The van der Waals surface area contributed by atoms with Gasteiger partial charge in [0, 0.05) is 18.2 Å². The molecule has 0 aliphatic heterocycles. The maximum atomic E-state index is 13.4. The van der Waals surface area contributed by atoms with Crippen molar-refractivity contribution in [2.75, 3.05) is 13.1 Å². The molecule has 33 heavy (non-hydrogen) atoms. The van der Waals surface area contributed by atoms with Gasteiger partial charge in [-0.3, -0.25) is 9.59 Å². The highest BCUT2D eigenvalue weighted by atomic mass is 16.6. The number of phenols is 1. The largest absolute Gasteiger partial charge is 0.507 e. The first-order valence-corrected chi connectivity index (χ1v) is 11.9. The van der Waals surface area contributed by atoms with E-state index in [-0.39, 0.29) is 30.2 Å². The van der Waals surface area contributed by atoms with Crippen LogP contribution in [0.2, 0.25) is 0 Å². The number of nitrogens with one attached hydrogen (secondary N) is 2. The zero-order valence-electron chi connectivity index (χ0n) is 20.6. The summed E-state index contributed by atoms with van der Waals surface area (Å²) >= 11 is 0. The van der Waals surface area contributed by atoms with Crippen molar-refractivity contribution in [3.8, 4) is 5.75 Å². The Bertz CT molecular complexity index is 830. The Balaban J connectivity index is 2.30. The first-order valence-electron chi connectivity index (χ1n) is 11.9. The summed E-state index contributed by atoms with van der Waals surface area (Å²) in [6.45, 7) is 9.28. The summed E-state index contributed by atoms with van der Waals surface area (Å²) in [7, 11) is 0. The number of carbonyl (C=O) groups excluding carboxylic acids is 3. The maximum Gasteiger partial charge on any atom is 0.408 e. The number of para-hydroxylation sites is 1. The maximum absolute atomic E-state index is 13.4. The van der Waals surface area contributed by atoms with E-state index in [9.17, 15) is 19.5 Å². The van der Waals surface area contributed by atoms with Gasteiger partial charge in [0.1, 0.15) is 23.9 Å². The zero-order valence-corrected chi connectivity index (χ0v) is 20.6. The minimum Gasteiger partial charge on any atom is -0.507 e. The van der Waals surface area contributed by atoms with Crippen LogP contribution in [-0.4, -0.2) is 52.6 Å². The molecule has 1 saturated carbocycles. The third-order valence-corrected chi connectivity index (χ3v) is 5.71. The van der Waals surface area contributed by atoms with Crippen molar-refractivity contribution in [2.45, 2.75) is 90.8 Å². The number of rotatable bonds is 10. The van der Waals surface area contributed by atoms with Crippen LogP contribution in [0.3, 0.4) is 0 Å². The Labute approximate surface area is 197 Å². The van der Waals surface area contributed by atoms with Crippen LogP contribution in [0, 0.1) is 6.92 Å². The molecule has 2 rings (SSSR count). The lowest BCUT2D eigenvalue weighted by Gasteiger charge is -2.42. The van der Waals surface area contributed by atoms with Crippen molar-refractivity contribution in [3.63, 3.8) is 0 Å². The van der Waals surface area contributed by atoms with Crippen molar-refractivity contribution in [1.29, 1.82) is 0 Å². The Morgan fingerprint density at radius 2 is 1.88 bits per heavy atom. The molecule has 1 aromatic rings. The number of carbonyl (C=O) groups is 3. The van der Waals surface area contributed by atoms with Gasteiger partial charge in [0.2, 0.25) is 11.8 Å². The van der Waals surface area contributed by atoms with E-state index in [0.29, 0.717) is 17.7 Å². The molecule has 0 aromatic heterocycles. The van der Waals surface area contributed by atoms with Crippen LogP contribution in [-0.2, 0) is 14.3 Å². The Kier molecular flexibility index (Phi) is 9.56. The van der Waals surface area contributed by atoms with Crippen LogP contribution in [0.15, 0.2) is 18.2 Å². The van der Waals surface area contributed by atoms with Crippen LogP contribution >= 0.6 is 0 Å². The number of amides is 3. The highest BCUT2D eigenvalue weighted by molar-refractivity contribution is 5.91. The smallest absolute Gasteiger partial charge is 0.408 e. The number of alkyl carbamates (subject to hydrolysis) is 1. The molecule has 0 radical (unpaired) electrons. The van der Waals surface area contributed by atoms with Gasteiger partial charge in [-0.2, -0.15) is 0 Å². The number of ether oxygens (including phenoxy) is 1. The predicted molar refractivity (Wildman–Crippen MR) is 127 cm³/mol. The summed E-state index contributed by atoms with van der Waals surface area (Å²) in [4.78, 5) is 40.3. The lowest BCUT2D eigenvalue weighted by atomic mass is 9.88. The first-order chi connectivity index (χ1) is 15.5. The van der Waals surface area contributed by atoms with Crippen molar-refractivity contribution < 1.29 is 24.2 Å². The van der Waals surface area contributed by atoms with Crippen LogP contribution < -0.4 is 10.6 Å². The molecule has 8 heteroatoms. The minimum absolute atomic E-state index is 0.00318. The van der Waals surface area contributed by atoms with Crippen molar-refractivity contribution in [3.05, 3.63) is 29.3 Å². The number of phenolic OH excluding ortho intramolecular Hbond substituents is 1. The average Bonchev–Trinajstić information content (AvgIpc) is 2.69. The molecule has 3 amide bonds. The van der Waals surface area contributed by atoms with Crippen LogP contribution in [0.25, 0.3) is 0 Å². The van der Waals surface area contributed by atoms with E-state index in [1.165, 1.54) is 4.90 Å². The number of nitrogens with zero attached hydrogens (tertiary/aromatic N) is 1. The number of unbranched alkanes of at least 4 members (excludes halogenated alkanes) is 2. The number of aryl methyl sites for hydroxylation is 1. The number of hydrogen-bond donors (Lipinski definition) is 3. The Morgan fingerprint density at radius 3 is 2.45 bits per heavy atom. The van der Waals surface area contributed by atoms with Crippen molar-refractivity contribution in [2.24, 2.45) is 0 Å². The molecule has 3 N–H and O–H groups in total. The van der Waals surface area contributed by atoms with Gasteiger partial charge in [0.05, 0.1) is 0 Å². The highest BCUT2D eigenvalue weighted by Crippen LogP contribution is 2.37. The van der Waals surface area contributed by atoms with Crippen LogP contribution in [0.5, 0.6) is 5.75 Å². The molecule has 184 valence electrons. The van der Waals surface area contributed by atoms with Crippen LogP contribution in [0.4, 0.5) is 4.79 Å². The fourth-order valence-electron chi connectivity index (χ4n) is 3.78. The molecular formula is C25H39N3O5. The zero-order chi connectivity index (χ0) is 24.6. The highest BCUT2D eigenvalue weighted by Gasteiger charge is 2.40. The molecule has 0 spiro atoms. The standard InChI is InChI=1S/C25H39N3O5/c1-6-7-8-15-26-23(31)21(19-14-9-11-17(2)22(19)30)28(18-12-10-13-18)20(29)16-27-24(32)33-25(3,4)5/h9,11,14,18,21,30H,6-8,10,12-13,15-16H2,1-5H3,(H,26,31)(H,27,32). The molecule has 0 saturated heterocycles. The van der Waals surface area contributed by atoms with E-state index in [1.807, 2.05) is 0 Å². The average molecular weight is 462 g/mol. The monoisotopic (exact) mass is 461 g/mol. The summed E-state index contributed by atoms with van der Waals surface area (Å²) in [5, 5.41) is 16.2. The minimum atomic E-state index is -0.982. The molecule has 1 fully saturated rings. The predicted octanol–water partition coefficient (Wildman–Crippen LogP) is 3.95. The van der Waals surface area contributed by atoms with Gasteiger partial charge in [-0.05, 0) is 58.9 Å².